The quantitative estimate of drug-likeness (QED) is 0.753. The monoisotopic (exact) mass is 239 g/mol. The van der Waals surface area contributed by atoms with Gasteiger partial charge in [0.2, 0.25) is 5.95 Å². The Morgan fingerprint density at radius 3 is 2.82 bits per heavy atom. The Morgan fingerprint density at radius 1 is 1.41 bits per heavy atom. The average Bonchev–Trinajstić information content (AvgIpc) is 2.79. The molecule has 1 saturated heterocycles. The van der Waals surface area contributed by atoms with Crippen LogP contribution in [0.2, 0.25) is 0 Å². The molecule has 92 valence electrons. The maximum atomic E-state index is 13.4. The SMILES string of the molecule is Cc1ccnc(N2CCCC3(C2)CC3(F)F)n1. The topological polar surface area (TPSA) is 29.0 Å². The highest BCUT2D eigenvalue weighted by molar-refractivity contribution is 5.34. The maximum Gasteiger partial charge on any atom is 0.256 e. The van der Waals surface area contributed by atoms with Gasteiger partial charge in [-0.1, -0.05) is 0 Å². The predicted octanol–water partition coefficient (Wildman–Crippen LogP) is 2.41. The summed E-state index contributed by atoms with van der Waals surface area (Å²) < 4.78 is 26.7. The van der Waals surface area contributed by atoms with Crippen LogP contribution in [0.5, 0.6) is 0 Å². The summed E-state index contributed by atoms with van der Waals surface area (Å²) in [5, 5.41) is 0. The van der Waals surface area contributed by atoms with Crippen LogP contribution in [-0.2, 0) is 0 Å². The highest BCUT2D eigenvalue weighted by Gasteiger charge is 2.71. The summed E-state index contributed by atoms with van der Waals surface area (Å²) in [6.45, 7) is 3.06. The predicted molar refractivity (Wildman–Crippen MR) is 60.2 cm³/mol. The van der Waals surface area contributed by atoms with Gasteiger partial charge in [-0.15, -0.1) is 0 Å². The minimum atomic E-state index is -2.48. The largest absolute Gasteiger partial charge is 0.340 e. The number of aryl methyl sites for hydroxylation is 1. The van der Waals surface area contributed by atoms with Gasteiger partial charge in [0, 0.05) is 31.4 Å². The van der Waals surface area contributed by atoms with Gasteiger partial charge in [0.1, 0.15) is 0 Å². The molecule has 1 aromatic heterocycles. The van der Waals surface area contributed by atoms with Crippen molar-refractivity contribution < 1.29 is 8.78 Å². The number of aromatic nitrogens is 2. The second-order valence-corrected chi connectivity index (χ2v) is 5.18. The van der Waals surface area contributed by atoms with E-state index in [1.807, 2.05) is 17.9 Å². The molecular weight excluding hydrogens is 224 g/mol. The molecule has 2 fully saturated rings. The van der Waals surface area contributed by atoms with Crippen molar-refractivity contribution in [1.29, 1.82) is 0 Å². The van der Waals surface area contributed by atoms with E-state index in [1.54, 1.807) is 6.20 Å². The van der Waals surface area contributed by atoms with Crippen LogP contribution in [0, 0.1) is 12.3 Å². The van der Waals surface area contributed by atoms with Crippen molar-refractivity contribution in [3.05, 3.63) is 18.0 Å². The molecule has 17 heavy (non-hydrogen) atoms. The van der Waals surface area contributed by atoms with Gasteiger partial charge < -0.3 is 4.90 Å². The lowest BCUT2D eigenvalue weighted by molar-refractivity contribution is 0.0574. The fraction of sp³-hybridized carbons (Fsp3) is 0.667. The third-order valence-electron chi connectivity index (χ3n) is 3.85. The molecule has 1 atom stereocenters. The first kappa shape index (κ1) is 10.9. The van der Waals surface area contributed by atoms with Gasteiger partial charge in [-0.25, -0.2) is 18.7 Å². The van der Waals surface area contributed by atoms with Gasteiger partial charge in [-0.05, 0) is 25.8 Å². The average molecular weight is 239 g/mol. The Hall–Kier alpha value is -1.26. The minimum absolute atomic E-state index is 0.0301. The third-order valence-corrected chi connectivity index (χ3v) is 3.85. The highest BCUT2D eigenvalue weighted by Crippen LogP contribution is 2.64. The molecule has 1 aromatic rings. The van der Waals surface area contributed by atoms with Crippen LogP contribution in [0.3, 0.4) is 0 Å². The fourth-order valence-electron chi connectivity index (χ4n) is 2.71. The van der Waals surface area contributed by atoms with E-state index in [0.29, 0.717) is 18.9 Å². The molecule has 0 radical (unpaired) electrons. The van der Waals surface area contributed by atoms with Crippen LogP contribution < -0.4 is 4.90 Å². The molecule has 0 amide bonds. The Kier molecular flexibility index (Phi) is 2.15. The lowest BCUT2D eigenvalue weighted by atomic mass is 9.94. The molecule has 0 bridgehead atoms. The smallest absolute Gasteiger partial charge is 0.256 e. The summed E-state index contributed by atoms with van der Waals surface area (Å²) in [4.78, 5) is 10.4. The Morgan fingerprint density at radius 2 is 2.18 bits per heavy atom. The van der Waals surface area contributed by atoms with Crippen molar-refractivity contribution in [2.75, 3.05) is 18.0 Å². The Balaban J connectivity index is 1.81. The van der Waals surface area contributed by atoms with Gasteiger partial charge in [0.25, 0.3) is 5.92 Å². The second-order valence-electron chi connectivity index (χ2n) is 5.18. The zero-order valence-electron chi connectivity index (χ0n) is 9.79. The van der Waals surface area contributed by atoms with Crippen LogP contribution in [0.1, 0.15) is 25.0 Å². The van der Waals surface area contributed by atoms with Crippen molar-refractivity contribution in [1.82, 2.24) is 9.97 Å². The number of hydrogen-bond acceptors (Lipinski definition) is 3. The zero-order chi connectivity index (χ0) is 12.1. The second kappa shape index (κ2) is 3.37. The lowest BCUT2D eigenvalue weighted by Gasteiger charge is -2.33. The van der Waals surface area contributed by atoms with E-state index in [1.165, 1.54) is 0 Å². The number of halogens is 2. The van der Waals surface area contributed by atoms with Gasteiger partial charge in [-0.2, -0.15) is 0 Å². The molecule has 1 unspecified atom stereocenters. The van der Waals surface area contributed by atoms with Crippen molar-refractivity contribution in [2.24, 2.45) is 5.41 Å². The first-order valence-corrected chi connectivity index (χ1v) is 5.95. The van der Waals surface area contributed by atoms with Crippen molar-refractivity contribution in [3.8, 4) is 0 Å². The lowest BCUT2D eigenvalue weighted by Crippen LogP contribution is -2.40. The third kappa shape index (κ3) is 1.68. The summed E-state index contributed by atoms with van der Waals surface area (Å²) in [7, 11) is 0. The van der Waals surface area contributed by atoms with E-state index >= 15 is 0 Å². The molecule has 2 aliphatic rings. The van der Waals surface area contributed by atoms with E-state index in [-0.39, 0.29) is 6.42 Å². The molecule has 1 spiro atoms. The normalized spacial score (nSPS) is 30.6. The summed E-state index contributed by atoms with van der Waals surface area (Å²) in [5.41, 5.74) is 0.0791. The summed E-state index contributed by atoms with van der Waals surface area (Å²) in [5.74, 6) is -1.89. The molecule has 3 rings (SSSR count). The van der Waals surface area contributed by atoms with Gasteiger partial charge in [0.15, 0.2) is 0 Å². The number of hydrogen-bond donors (Lipinski definition) is 0. The number of alkyl halides is 2. The van der Waals surface area contributed by atoms with E-state index in [9.17, 15) is 8.78 Å². The molecule has 0 aromatic carbocycles. The Bertz CT molecular complexity index is 449. The van der Waals surface area contributed by atoms with Crippen LogP contribution in [0.4, 0.5) is 14.7 Å². The van der Waals surface area contributed by atoms with Gasteiger partial charge >= 0.3 is 0 Å². The molecule has 2 heterocycles. The molecule has 1 aliphatic carbocycles. The first-order chi connectivity index (χ1) is 8.02. The molecule has 1 saturated carbocycles. The number of anilines is 1. The maximum absolute atomic E-state index is 13.4. The summed E-state index contributed by atoms with van der Waals surface area (Å²) >= 11 is 0. The summed E-state index contributed by atoms with van der Waals surface area (Å²) in [6.07, 6.45) is 3.14. The number of piperidine rings is 1. The fourth-order valence-corrected chi connectivity index (χ4v) is 2.71. The van der Waals surface area contributed by atoms with Crippen LogP contribution >= 0.6 is 0 Å². The van der Waals surface area contributed by atoms with Gasteiger partial charge in [0.05, 0.1) is 5.41 Å². The molecular formula is C12H15F2N3. The molecule has 0 N–H and O–H groups in total. The van der Waals surface area contributed by atoms with E-state index in [2.05, 4.69) is 9.97 Å². The zero-order valence-corrected chi connectivity index (χ0v) is 9.79. The van der Waals surface area contributed by atoms with Crippen molar-refractivity contribution >= 4 is 5.95 Å². The van der Waals surface area contributed by atoms with Crippen LogP contribution in [0.15, 0.2) is 12.3 Å². The molecule has 1 aliphatic heterocycles. The van der Waals surface area contributed by atoms with Crippen molar-refractivity contribution in [3.63, 3.8) is 0 Å². The highest BCUT2D eigenvalue weighted by atomic mass is 19.3. The first-order valence-electron chi connectivity index (χ1n) is 5.95. The number of nitrogens with zero attached hydrogens (tertiary/aromatic N) is 3. The minimum Gasteiger partial charge on any atom is -0.340 e. The molecule has 5 heteroatoms. The Labute approximate surface area is 98.9 Å². The van der Waals surface area contributed by atoms with E-state index in [4.69, 9.17) is 0 Å². The standard InChI is InChI=1S/C12H15F2N3/c1-9-3-5-15-10(16-9)17-6-2-4-11(8-17)7-12(11,13)14/h3,5H,2,4,6-8H2,1H3. The van der Waals surface area contributed by atoms with Crippen LogP contribution in [-0.4, -0.2) is 29.0 Å². The molecule has 3 nitrogen and oxygen atoms in total. The van der Waals surface area contributed by atoms with E-state index in [0.717, 1.165) is 18.7 Å². The van der Waals surface area contributed by atoms with Crippen LogP contribution in [0.25, 0.3) is 0 Å². The van der Waals surface area contributed by atoms with Gasteiger partial charge in [-0.3, -0.25) is 0 Å². The van der Waals surface area contributed by atoms with Crippen molar-refractivity contribution in [2.45, 2.75) is 32.1 Å². The number of rotatable bonds is 1. The van der Waals surface area contributed by atoms with E-state index < -0.39 is 11.3 Å². The summed E-state index contributed by atoms with van der Waals surface area (Å²) in [6, 6.07) is 1.81.